The third-order valence-electron chi connectivity index (χ3n) is 2.41. The van der Waals surface area contributed by atoms with Gasteiger partial charge in [-0.1, -0.05) is 34.5 Å². The number of nitrogens with two attached hydrogens (primary N) is 1. The lowest BCUT2D eigenvalue weighted by atomic mass is 10.2. The molecule has 6 nitrogen and oxygen atoms in total. The molecule has 0 spiro atoms. The Morgan fingerprint density at radius 1 is 1.38 bits per heavy atom. The van der Waals surface area contributed by atoms with Crippen molar-refractivity contribution < 1.29 is 13.2 Å². The van der Waals surface area contributed by atoms with Gasteiger partial charge in [0.05, 0.1) is 16.3 Å². The number of halogens is 2. The molecule has 0 radical (unpaired) electrons. The molecule has 2 aromatic rings. The quantitative estimate of drug-likeness (QED) is 0.872. The van der Waals surface area contributed by atoms with Crippen molar-refractivity contribution in [1.29, 1.82) is 0 Å². The van der Waals surface area contributed by atoms with E-state index in [0.717, 1.165) is 11.3 Å². The Balaban J connectivity index is 2.30. The molecule has 2 rings (SSSR count). The first kappa shape index (κ1) is 16.2. The van der Waals surface area contributed by atoms with Crippen LogP contribution in [-0.2, 0) is 10.0 Å². The maximum absolute atomic E-state index is 12.1. The van der Waals surface area contributed by atoms with Crippen LogP contribution in [0, 0.1) is 6.92 Å². The number of aromatic nitrogens is 1. The van der Waals surface area contributed by atoms with E-state index in [4.69, 9.17) is 28.3 Å². The SMILES string of the molecule is Cc1nc(NC(=O)c2cc(Cl)ccc2Cl)sc1S(N)(=O)=O. The van der Waals surface area contributed by atoms with E-state index in [-0.39, 0.29) is 25.6 Å². The Kier molecular flexibility index (Phi) is 4.54. The fourth-order valence-corrected chi connectivity index (χ4v) is 3.77. The molecule has 112 valence electrons. The Morgan fingerprint density at radius 3 is 2.62 bits per heavy atom. The molecule has 0 unspecified atom stereocenters. The first-order valence-corrected chi connectivity index (χ1v) is 8.57. The number of anilines is 1. The van der Waals surface area contributed by atoms with Gasteiger partial charge in [-0.2, -0.15) is 0 Å². The number of hydrogen-bond acceptors (Lipinski definition) is 5. The van der Waals surface area contributed by atoms with Crippen molar-refractivity contribution in [1.82, 2.24) is 4.98 Å². The van der Waals surface area contributed by atoms with Crippen LogP contribution in [0.2, 0.25) is 10.0 Å². The average Bonchev–Trinajstić information content (AvgIpc) is 2.73. The molecule has 3 N–H and O–H groups in total. The number of primary sulfonamides is 1. The van der Waals surface area contributed by atoms with Crippen molar-refractivity contribution in [3.05, 3.63) is 39.5 Å². The van der Waals surface area contributed by atoms with Crippen LogP contribution < -0.4 is 10.5 Å². The molecule has 0 saturated heterocycles. The van der Waals surface area contributed by atoms with Gasteiger partial charge in [-0.3, -0.25) is 10.1 Å². The zero-order valence-electron chi connectivity index (χ0n) is 10.6. The highest BCUT2D eigenvalue weighted by Crippen LogP contribution is 2.27. The molecule has 0 aliphatic carbocycles. The molecule has 1 aromatic carbocycles. The van der Waals surface area contributed by atoms with Crippen LogP contribution in [0.15, 0.2) is 22.4 Å². The molecule has 21 heavy (non-hydrogen) atoms. The van der Waals surface area contributed by atoms with Crippen LogP contribution in [-0.4, -0.2) is 19.3 Å². The van der Waals surface area contributed by atoms with Gasteiger partial charge in [0.2, 0.25) is 10.0 Å². The van der Waals surface area contributed by atoms with Gasteiger partial charge in [-0.05, 0) is 25.1 Å². The van der Waals surface area contributed by atoms with E-state index in [1.165, 1.54) is 19.1 Å². The fraction of sp³-hybridized carbons (Fsp3) is 0.0909. The van der Waals surface area contributed by atoms with Gasteiger partial charge < -0.3 is 0 Å². The van der Waals surface area contributed by atoms with Gasteiger partial charge in [0, 0.05) is 5.02 Å². The zero-order chi connectivity index (χ0) is 15.8. The van der Waals surface area contributed by atoms with Crippen molar-refractivity contribution >= 4 is 55.6 Å². The van der Waals surface area contributed by atoms with Crippen LogP contribution in [0.3, 0.4) is 0 Å². The standard InChI is InChI=1S/C11H9Cl2N3O3S2/c1-5-10(21(14,18)19)20-11(15-5)16-9(17)7-4-6(12)2-3-8(7)13/h2-4H,1H3,(H2,14,18,19)(H,15,16,17). The summed E-state index contributed by atoms with van der Waals surface area (Å²) in [4.78, 5) is 16.0. The number of thiazole rings is 1. The summed E-state index contributed by atoms with van der Waals surface area (Å²) in [5.74, 6) is -0.544. The van der Waals surface area contributed by atoms with Crippen LogP contribution in [0.4, 0.5) is 5.13 Å². The summed E-state index contributed by atoms with van der Waals surface area (Å²) in [6, 6.07) is 4.44. The highest BCUT2D eigenvalue weighted by atomic mass is 35.5. The molecular weight excluding hydrogens is 357 g/mol. The molecule has 0 saturated carbocycles. The average molecular weight is 366 g/mol. The summed E-state index contributed by atoms with van der Waals surface area (Å²) >= 11 is 12.5. The Hall–Kier alpha value is -1.19. The van der Waals surface area contributed by atoms with Crippen LogP contribution >= 0.6 is 34.5 Å². The topological polar surface area (TPSA) is 102 Å². The minimum atomic E-state index is -3.87. The minimum Gasteiger partial charge on any atom is -0.298 e. The smallest absolute Gasteiger partial charge is 0.259 e. The Bertz CT molecular complexity index is 818. The second-order valence-corrected chi connectivity index (χ2v) is 7.61. The summed E-state index contributed by atoms with van der Waals surface area (Å²) in [5, 5.41) is 8.19. The highest BCUT2D eigenvalue weighted by molar-refractivity contribution is 7.91. The molecule has 0 aliphatic heterocycles. The lowest BCUT2D eigenvalue weighted by Gasteiger charge is -2.04. The molecule has 10 heteroatoms. The number of nitrogens with one attached hydrogen (secondary N) is 1. The maximum atomic E-state index is 12.1. The van der Waals surface area contributed by atoms with E-state index in [9.17, 15) is 13.2 Å². The molecule has 1 heterocycles. The van der Waals surface area contributed by atoms with Crippen molar-refractivity contribution in [2.24, 2.45) is 5.14 Å². The summed E-state index contributed by atoms with van der Waals surface area (Å²) < 4.78 is 22.5. The van der Waals surface area contributed by atoms with Crippen LogP contribution in [0.25, 0.3) is 0 Å². The van der Waals surface area contributed by atoms with Crippen molar-refractivity contribution in [2.75, 3.05) is 5.32 Å². The van der Waals surface area contributed by atoms with E-state index in [0.29, 0.717) is 5.02 Å². The number of hydrogen-bond donors (Lipinski definition) is 2. The second kappa shape index (κ2) is 5.90. The van der Waals surface area contributed by atoms with Crippen LogP contribution in [0.1, 0.15) is 16.1 Å². The third kappa shape index (κ3) is 3.72. The number of carbonyl (C=O) groups is 1. The van der Waals surface area contributed by atoms with Crippen LogP contribution in [0.5, 0.6) is 0 Å². The first-order chi connectivity index (χ1) is 9.68. The van der Waals surface area contributed by atoms with Gasteiger partial charge in [0.15, 0.2) is 9.34 Å². The molecule has 0 atom stereocenters. The number of nitrogens with zero attached hydrogens (tertiary/aromatic N) is 1. The van der Waals surface area contributed by atoms with E-state index < -0.39 is 15.9 Å². The number of sulfonamides is 1. The van der Waals surface area contributed by atoms with Gasteiger partial charge in [-0.25, -0.2) is 18.5 Å². The summed E-state index contributed by atoms with van der Waals surface area (Å²) in [5.41, 5.74) is 0.379. The second-order valence-electron chi connectivity index (χ2n) is 4.02. The summed E-state index contributed by atoms with van der Waals surface area (Å²) in [6.07, 6.45) is 0. The molecule has 1 aromatic heterocycles. The van der Waals surface area contributed by atoms with E-state index in [2.05, 4.69) is 10.3 Å². The van der Waals surface area contributed by atoms with Crippen molar-refractivity contribution in [3.63, 3.8) is 0 Å². The van der Waals surface area contributed by atoms with Gasteiger partial charge in [0.1, 0.15) is 0 Å². The first-order valence-electron chi connectivity index (χ1n) is 5.45. The number of rotatable bonds is 3. The number of aryl methyl sites for hydroxylation is 1. The largest absolute Gasteiger partial charge is 0.298 e. The summed E-state index contributed by atoms with van der Waals surface area (Å²) in [6.45, 7) is 1.48. The van der Waals surface area contributed by atoms with Crippen molar-refractivity contribution in [3.8, 4) is 0 Å². The molecular formula is C11H9Cl2N3O3S2. The van der Waals surface area contributed by atoms with Gasteiger partial charge >= 0.3 is 0 Å². The van der Waals surface area contributed by atoms with E-state index >= 15 is 0 Å². The predicted molar refractivity (Wildman–Crippen MR) is 82.6 cm³/mol. The third-order valence-corrected chi connectivity index (χ3v) is 5.60. The van der Waals surface area contributed by atoms with Crippen molar-refractivity contribution in [2.45, 2.75) is 11.1 Å². The number of benzene rings is 1. The number of carbonyl (C=O) groups excluding carboxylic acids is 1. The Morgan fingerprint density at radius 2 is 2.05 bits per heavy atom. The molecule has 0 bridgehead atoms. The highest BCUT2D eigenvalue weighted by Gasteiger charge is 2.20. The van der Waals surface area contributed by atoms with E-state index in [1.807, 2.05) is 0 Å². The van der Waals surface area contributed by atoms with E-state index in [1.54, 1.807) is 6.07 Å². The normalized spacial score (nSPS) is 11.4. The van der Waals surface area contributed by atoms with Gasteiger partial charge in [-0.15, -0.1) is 0 Å². The van der Waals surface area contributed by atoms with Gasteiger partial charge in [0.25, 0.3) is 5.91 Å². The lowest BCUT2D eigenvalue weighted by Crippen LogP contribution is -2.12. The number of amides is 1. The minimum absolute atomic E-state index is 0.102. The molecule has 0 fully saturated rings. The lowest BCUT2D eigenvalue weighted by molar-refractivity contribution is 0.102. The maximum Gasteiger partial charge on any atom is 0.259 e. The Labute approximate surface area is 134 Å². The predicted octanol–water partition coefficient (Wildman–Crippen LogP) is 2.66. The molecule has 1 amide bonds. The monoisotopic (exact) mass is 365 g/mol. The summed E-state index contributed by atoms with van der Waals surface area (Å²) in [7, 11) is -3.87. The fourth-order valence-electron chi connectivity index (χ4n) is 1.54. The zero-order valence-corrected chi connectivity index (χ0v) is 13.7. The molecule has 0 aliphatic rings.